The lowest BCUT2D eigenvalue weighted by Crippen LogP contribution is -2.50. The van der Waals surface area contributed by atoms with Crippen molar-refractivity contribution < 1.29 is 9.53 Å². The zero-order chi connectivity index (χ0) is 15.6. The van der Waals surface area contributed by atoms with Gasteiger partial charge in [-0.05, 0) is 19.9 Å². The Morgan fingerprint density at radius 3 is 3.18 bits per heavy atom. The van der Waals surface area contributed by atoms with E-state index in [1.807, 2.05) is 18.2 Å². The highest BCUT2D eigenvalue weighted by Gasteiger charge is 2.26. The number of aromatic amines is 1. The molecule has 0 spiro atoms. The van der Waals surface area contributed by atoms with Gasteiger partial charge in [-0.15, -0.1) is 0 Å². The molecule has 0 saturated carbocycles. The van der Waals surface area contributed by atoms with E-state index in [0.717, 1.165) is 37.1 Å². The van der Waals surface area contributed by atoms with Crippen molar-refractivity contribution in [3.8, 4) is 0 Å². The van der Waals surface area contributed by atoms with Gasteiger partial charge in [-0.1, -0.05) is 12.1 Å². The van der Waals surface area contributed by atoms with Gasteiger partial charge < -0.3 is 10.1 Å². The molecule has 1 fully saturated rings. The summed E-state index contributed by atoms with van der Waals surface area (Å²) in [5.74, 6) is -0.0673. The Morgan fingerprint density at radius 1 is 1.50 bits per heavy atom. The van der Waals surface area contributed by atoms with Crippen LogP contribution in [0.15, 0.2) is 24.4 Å². The van der Waals surface area contributed by atoms with Crippen molar-refractivity contribution in [3.05, 3.63) is 30.0 Å². The third-order valence-electron chi connectivity index (χ3n) is 3.94. The fourth-order valence-electron chi connectivity index (χ4n) is 2.89. The van der Waals surface area contributed by atoms with Crippen LogP contribution in [0.3, 0.4) is 0 Å². The summed E-state index contributed by atoms with van der Waals surface area (Å²) in [6.07, 6.45) is 1.72. The van der Waals surface area contributed by atoms with E-state index in [1.165, 1.54) is 0 Å². The smallest absolute Gasteiger partial charge is 0.253 e. The van der Waals surface area contributed by atoms with Gasteiger partial charge in [-0.3, -0.25) is 14.8 Å². The molecule has 1 aromatic carbocycles. The highest BCUT2D eigenvalue weighted by atomic mass is 16.5. The Bertz CT molecular complexity index is 665. The fraction of sp³-hybridized carbons (Fsp3) is 0.500. The highest BCUT2D eigenvalue weighted by Crippen LogP contribution is 2.16. The predicted molar refractivity (Wildman–Crippen MR) is 84.9 cm³/mol. The van der Waals surface area contributed by atoms with Crippen LogP contribution < -0.4 is 5.32 Å². The zero-order valence-corrected chi connectivity index (χ0v) is 13.1. The second-order valence-corrected chi connectivity index (χ2v) is 6.28. The Labute approximate surface area is 129 Å². The molecule has 1 amide bonds. The van der Waals surface area contributed by atoms with Crippen LogP contribution in [0.2, 0.25) is 0 Å². The van der Waals surface area contributed by atoms with Crippen molar-refractivity contribution in [3.63, 3.8) is 0 Å². The van der Waals surface area contributed by atoms with E-state index in [1.54, 1.807) is 6.20 Å². The second kappa shape index (κ2) is 6.06. The Kier molecular flexibility index (Phi) is 4.13. The van der Waals surface area contributed by atoms with Crippen LogP contribution in [0.4, 0.5) is 0 Å². The van der Waals surface area contributed by atoms with E-state index in [4.69, 9.17) is 4.74 Å². The van der Waals surface area contributed by atoms with Crippen molar-refractivity contribution in [2.24, 2.45) is 0 Å². The van der Waals surface area contributed by atoms with E-state index < -0.39 is 0 Å². The molecule has 22 heavy (non-hydrogen) atoms. The number of amides is 1. The molecule has 0 aliphatic carbocycles. The van der Waals surface area contributed by atoms with E-state index in [0.29, 0.717) is 12.1 Å². The molecule has 2 N–H and O–H groups in total. The molecular weight excluding hydrogens is 280 g/mol. The maximum absolute atomic E-state index is 12.3. The SMILES string of the molecule is CC1(C)CN(CCNC(=O)c2cccc3cn[nH]c23)CCO1. The van der Waals surface area contributed by atoms with Crippen molar-refractivity contribution in [2.75, 3.05) is 32.8 Å². The summed E-state index contributed by atoms with van der Waals surface area (Å²) >= 11 is 0. The minimum absolute atomic E-state index is 0.0673. The zero-order valence-electron chi connectivity index (χ0n) is 13.1. The second-order valence-electron chi connectivity index (χ2n) is 6.28. The first-order chi connectivity index (χ1) is 10.6. The topological polar surface area (TPSA) is 70.2 Å². The van der Waals surface area contributed by atoms with Gasteiger partial charge in [-0.25, -0.2) is 0 Å². The number of morpholine rings is 1. The van der Waals surface area contributed by atoms with Crippen LogP contribution in [-0.4, -0.2) is 59.4 Å². The minimum Gasteiger partial charge on any atom is -0.373 e. The first-order valence-corrected chi connectivity index (χ1v) is 7.62. The summed E-state index contributed by atoms with van der Waals surface area (Å²) in [5.41, 5.74) is 1.31. The van der Waals surface area contributed by atoms with Gasteiger partial charge in [0.1, 0.15) is 0 Å². The Balaban J connectivity index is 1.55. The number of nitrogens with one attached hydrogen (secondary N) is 2. The Morgan fingerprint density at radius 2 is 2.36 bits per heavy atom. The number of aromatic nitrogens is 2. The summed E-state index contributed by atoms with van der Waals surface area (Å²) in [4.78, 5) is 14.6. The number of carbonyl (C=O) groups is 1. The summed E-state index contributed by atoms with van der Waals surface area (Å²) in [7, 11) is 0. The molecule has 2 aromatic rings. The molecule has 1 aliphatic heterocycles. The average molecular weight is 302 g/mol. The van der Waals surface area contributed by atoms with Gasteiger partial charge in [0, 0.05) is 31.6 Å². The molecule has 1 aliphatic rings. The number of hydrogen-bond acceptors (Lipinski definition) is 4. The maximum atomic E-state index is 12.3. The van der Waals surface area contributed by atoms with Gasteiger partial charge >= 0.3 is 0 Å². The molecule has 0 unspecified atom stereocenters. The number of rotatable bonds is 4. The lowest BCUT2D eigenvalue weighted by Gasteiger charge is -2.38. The summed E-state index contributed by atoms with van der Waals surface area (Å²) < 4.78 is 5.69. The molecule has 2 heterocycles. The molecule has 3 rings (SSSR count). The van der Waals surface area contributed by atoms with E-state index in [2.05, 4.69) is 34.3 Å². The normalized spacial score (nSPS) is 18.5. The number of carbonyl (C=O) groups excluding carboxylic acids is 1. The molecule has 6 heteroatoms. The van der Waals surface area contributed by atoms with Gasteiger partial charge in [0.2, 0.25) is 0 Å². The summed E-state index contributed by atoms with van der Waals surface area (Å²) in [6.45, 7) is 8.19. The number of H-pyrrole nitrogens is 1. The van der Waals surface area contributed by atoms with Crippen molar-refractivity contribution in [1.82, 2.24) is 20.4 Å². The van der Waals surface area contributed by atoms with Crippen LogP contribution in [0.1, 0.15) is 24.2 Å². The lowest BCUT2D eigenvalue weighted by molar-refractivity contribution is -0.0853. The van der Waals surface area contributed by atoms with Crippen molar-refractivity contribution in [1.29, 1.82) is 0 Å². The van der Waals surface area contributed by atoms with Crippen molar-refractivity contribution >= 4 is 16.8 Å². The largest absolute Gasteiger partial charge is 0.373 e. The third-order valence-corrected chi connectivity index (χ3v) is 3.94. The van der Waals surface area contributed by atoms with Crippen LogP contribution in [0.25, 0.3) is 10.9 Å². The average Bonchev–Trinajstić information content (AvgIpc) is 2.94. The number of fused-ring (bicyclic) bond motifs is 1. The highest BCUT2D eigenvalue weighted by molar-refractivity contribution is 6.05. The molecule has 1 saturated heterocycles. The van der Waals surface area contributed by atoms with Gasteiger partial charge in [0.05, 0.1) is 29.5 Å². The quantitative estimate of drug-likeness (QED) is 0.896. The Hall–Kier alpha value is -1.92. The first-order valence-electron chi connectivity index (χ1n) is 7.62. The first kappa shape index (κ1) is 15.0. The van der Waals surface area contributed by atoms with Crippen LogP contribution in [-0.2, 0) is 4.74 Å². The minimum atomic E-state index is -0.107. The number of para-hydroxylation sites is 1. The number of hydrogen-bond donors (Lipinski definition) is 2. The molecule has 118 valence electrons. The molecule has 6 nitrogen and oxygen atoms in total. The van der Waals surface area contributed by atoms with Gasteiger partial charge in [0.25, 0.3) is 5.91 Å². The summed E-state index contributed by atoms with van der Waals surface area (Å²) in [6, 6.07) is 5.62. The van der Waals surface area contributed by atoms with Crippen LogP contribution >= 0.6 is 0 Å². The molecule has 1 aromatic heterocycles. The number of nitrogens with zero attached hydrogens (tertiary/aromatic N) is 2. The fourth-order valence-corrected chi connectivity index (χ4v) is 2.89. The standard InChI is InChI=1S/C16H22N4O2/c1-16(2)11-20(8-9-22-16)7-6-17-15(21)13-5-3-4-12-10-18-19-14(12)13/h3-5,10H,6-9,11H2,1-2H3,(H,17,21)(H,18,19). The van der Waals surface area contributed by atoms with Crippen molar-refractivity contribution in [2.45, 2.75) is 19.4 Å². The summed E-state index contributed by atoms with van der Waals surface area (Å²) in [5, 5.41) is 10.8. The van der Waals surface area contributed by atoms with Crippen LogP contribution in [0, 0.1) is 0 Å². The predicted octanol–water partition coefficient (Wildman–Crippen LogP) is 1.40. The van der Waals surface area contributed by atoms with Gasteiger partial charge in [0.15, 0.2) is 0 Å². The monoisotopic (exact) mass is 302 g/mol. The molecule has 0 radical (unpaired) electrons. The number of benzene rings is 1. The third kappa shape index (κ3) is 3.28. The van der Waals surface area contributed by atoms with Gasteiger partial charge in [-0.2, -0.15) is 5.10 Å². The van der Waals surface area contributed by atoms with E-state index in [9.17, 15) is 4.79 Å². The molecule has 0 bridgehead atoms. The number of ether oxygens (including phenoxy) is 1. The molecule has 0 atom stereocenters. The molecular formula is C16H22N4O2. The van der Waals surface area contributed by atoms with E-state index >= 15 is 0 Å². The van der Waals surface area contributed by atoms with Crippen LogP contribution in [0.5, 0.6) is 0 Å². The van der Waals surface area contributed by atoms with E-state index in [-0.39, 0.29) is 11.5 Å². The maximum Gasteiger partial charge on any atom is 0.253 e. The lowest BCUT2D eigenvalue weighted by atomic mass is 10.1.